The van der Waals surface area contributed by atoms with Gasteiger partial charge in [-0.3, -0.25) is 4.79 Å². The SMILES string of the molecule is C=C(C)C(=O)OCSc1nccc(=O)[nH]1. The topological polar surface area (TPSA) is 72.0 Å². The van der Waals surface area contributed by atoms with E-state index < -0.39 is 5.97 Å². The number of carbonyl (C=O) groups excluding carboxylic acids is 1. The van der Waals surface area contributed by atoms with Crippen molar-refractivity contribution >= 4 is 17.7 Å². The lowest BCUT2D eigenvalue weighted by Crippen LogP contribution is -2.07. The molecule has 0 atom stereocenters. The molecule has 0 aliphatic heterocycles. The van der Waals surface area contributed by atoms with Crippen molar-refractivity contribution in [1.29, 1.82) is 0 Å². The molecule has 0 bridgehead atoms. The van der Waals surface area contributed by atoms with E-state index in [-0.39, 0.29) is 11.5 Å². The first kappa shape index (κ1) is 11.5. The van der Waals surface area contributed by atoms with E-state index in [2.05, 4.69) is 16.5 Å². The van der Waals surface area contributed by atoms with Gasteiger partial charge in [0.1, 0.15) is 5.94 Å². The minimum atomic E-state index is -0.458. The second kappa shape index (κ2) is 5.35. The Balaban J connectivity index is 2.41. The fourth-order valence-electron chi connectivity index (χ4n) is 0.687. The van der Waals surface area contributed by atoms with E-state index in [0.717, 1.165) is 11.8 Å². The predicted octanol–water partition coefficient (Wildman–Crippen LogP) is 0.939. The molecule has 0 spiro atoms. The van der Waals surface area contributed by atoms with Crippen LogP contribution < -0.4 is 5.56 Å². The Kier molecular flexibility index (Phi) is 4.11. The number of hydrogen-bond donors (Lipinski definition) is 1. The van der Waals surface area contributed by atoms with Gasteiger partial charge in [0.2, 0.25) is 0 Å². The van der Waals surface area contributed by atoms with Crippen molar-refractivity contribution in [3.8, 4) is 0 Å². The Labute approximate surface area is 90.6 Å². The molecule has 80 valence electrons. The van der Waals surface area contributed by atoms with E-state index in [9.17, 15) is 9.59 Å². The number of nitrogens with zero attached hydrogens (tertiary/aromatic N) is 1. The first-order valence-electron chi connectivity index (χ1n) is 4.10. The van der Waals surface area contributed by atoms with Gasteiger partial charge in [0.25, 0.3) is 5.56 Å². The van der Waals surface area contributed by atoms with Crippen LogP contribution in [0, 0.1) is 0 Å². The van der Waals surface area contributed by atoms with Crippen LogP contribution >= 0.6 is 11.8 Å². The third-order valence-corrected chi connectivity index (χ3v) is 2.10. The lowest BCUT2D eigenvalue weighted by atomic mass is 10.4. The first-order chi connectivity index (χ1) is 7.09. The smallest absolute Gasteiger partial charge is 0.333 e. The summed E-state index contributed by atoms with van der Waals surface area (Å²) in [5.41, 5.74) is 0.101. The molecule has 0 fully saturated rings. The molecule has 1 aromatic heterocycles. The molecule has 0 radical (unpaired) electrons. The molecule has 15 heavy (non-hydrogen) atoms. The fraction of sp³-hybridized carbons (Fsp3) is 0.222. The van der Waals surface area contributed by atoms with E-state index in [0.29, 0.717) is 10.7 Å². The third kappa shape index (κ3) is 3.99. The van der Waals surface area contributed by atoms with Crippen LogP contribution in [-0.2, 0) is 9.53 Å². The van der Waals surface area contributed by atoms with Crippen molar-refractivity contribution in [3.05, 3.63) is 34.8 Å². The third-order valence-electron chi connectivity index (χ3n) is 1.38. The van der Waals surface area contributed by atoms with Crippen molar-refractivity contribution in [3.63, 3.8) is 0 Å². The Morgan fingerprint density at radius 1 is 1.73 bits per heavy atom. The molecule has 0 saturated heterocycles. The highest BCUT2D eigenvalue weighted by Crippen LogP contribution is 2.10. The predicted molar refractivity (Wildman–Crippen MR) is 56.5 cm³/mol. The maximum atomic E-state index is 11.0. The zero-order valence-corrected chi connectivity index (χ0v) is 8.97. The standard InChI is InChI=1S/C9H10N2O3S/c1-6(2)8(13)14-5-15-9-10-4-3-7(12)11-9/h3-4H,1,5H2,2H3,(H,10,11,12). The molecule has 1 rings (SSSR count). The van der Waals surface area contributed by atoms with Crippen LogP contribution in [0.5, 0.6) is 0 Å². The van der Waals surface area contributed by atoms with E-state index in [1.165, 1.54) is 12.3 Å². The molecular weight excluding hydrogens is 216 g/mol. The molecule has 1 aromatic rings. The quantitative estimate of drug-likeness (QED) is 0.272. The van der Waals surface area contributed by atoms with Crippen LogP contribution in [0.3, 0.4) is 0 Å². The second-order valence-corrected chi connectivity index (χ2v) is 3.62. The summed E-state index contributed by atoms with van der Waals surface area (Å²) in [5.74, 6) is -0.362. The average molecular weight is 226 g/mol. The number of thioether (sulfide) groups is 1. The summed E-state index contributed by atoms with van der Waals surface area (Å²) in [7, 11) is 0. The number of carbonyl (C=O) groups is 1. The highest BCUT2D eigenvalue weighted by atomic mass is 32.2. The summed E-state index contributed by atoms with van der Waals surface area (Å²) in [4.78, 5) is 28.2. The molecule has 0 saturated carbocycles. The Bertz CT molecular complexity index is 427. The maximum absolute atomic E-state index is 11.0. The lowest BCUT2D eigenvalue weighted by molar-refractivity contribution is -0.136. The number of aromatic amines is 1. The van der Waals surface area contributed by atoms with Crippen molar-refractivity contribution in [2.24, 2.45) is 0 Å². The van der Waals surface area contributed by atoms with Gasteiger partial charge in [-0.15, -0.1) is 0 Å². The fourth-order valence-corrected chi connectivity index (χ4v) is 1.27. The van der Waals surface area contributed by atoms with Crippen molar-refractivity contribution in [2.45, 2.75) is 12.1 Å². The zero-order chi connectivity index (χ0) is 11.3. The molecular formula is C9H10N2O3S. The molecule has 6 heteroatoms. The van der Waals surface area contributed by atoms with Gasteiger partial charge in [0.15, 0.2) is 5.16 Å². The number of aromatic nitrogens is 2. The summed E-state index contributed by atoms with van der Waals surface area (Å²) in [5, 5.41) is 0.414. The van der Waals surface area contributed by atoms with Crippen LogP contribution in [0.1, 0.15) is 6.92 Å². The molecule has 5 nitrogen and oxygen atoms in total. The zero-order valence-electron chi connectivity index (χ0n) is 8.15. The van der Waals surface area contributed by atoms with E-state index in [1.807, 2.05) is 0 Å². The van der Waals surface area contributed by atoms with Gasteiger partial charge in [-0.1, -0.05) is 6.58 Å². The summed E-state index contributed by atoms with van der Waals surface area (Å²) in [6, 6.07) is 1.31. The normalized spacial score (nSPS) is 9.67. The van der Waals surface area contributed by atoms with E-state index in [4.69, 9.17) is 4.74 Å². The van der Waals surface area contributed by atoms with Gasteiger partial charge < -0.3 is 9.72 Å². The van der Waals surface area contributed by atoms with Gasteiger partial charge in [-0.2, -0.15) is 0 Å². The highest BCUT2D eigenvalue weighted by molar-refractivity contribution is 7.99. The van der Waals surface area contributed by atoms with Crippen molar-refractivity contribution in [2.75, 3.05) is 5.94 Å². The Morgan fingerprint density at radius 2 is 2.47 bits per heavy atom. The summed E-state index contributed by atoms with van der Waals surface area (Å²) in [6.45, 7) is 5.00. The molecule has 0 amide bonds. The second-order valence-electron chi connectivity index (χ2n) is 2.71. The van der Waals surface area contributed by atoms with E-state index in [1.54, 1.807) is 6.92 Å². The molecule has 0 aromatic carbocycles. The number of ether oxygens (including phenoxy) is 1. The van der Waals surface area contributed by atoms with Crippen LogP contribution in [0.15, 0.2) is 34.4 Å². The minimum absolute atomic E-state index is 0.0959. The first-order valence-corrected chi connectivity index (χ1v) is 5.09. The lowest BCUT2D eigenvalue weighted by Gasteiger charge is -2.02. The molecule has 0 aliphatic rings. The van der Waals surface area contributed by atoms with Gasteiger partial charge in [-0.25, -0.2) is 9.78 Å². The van der Waals surface area contributed by atoms with Crippen molar-refractivity contribution in [1.82, 2.24) is 9.97 Å². The van der Waals surface area contributed by atoms with Crippen LogP contribution in [0.4, 0.5) is 0 Å². The molecule has 0 aliphatic carbocycles. The average Bonchev–Trinajstić information content (AvgIpc) is 2.17. The molecule has 0 unspecified atom stereocenters. The van der Waals surface area contributed by atoms with Gasteiger partial charge in [0.05, 0.1) is 0 Å². The summed E-state index contributed by atoms with van der Waals surface area (Å²) >= 11 is 1.13. The number of H-pyrrole nitrogens is 1. The summed E-state index contributed by atoms with van der Waals surface area (Å²) in [6.07, 6.45) is 1.39. The number of rotatable bonds is 4. The largest absolute Gasteiger partial charge is 0.451 e. The summed E-state index contributed by atoms with van der Waals surface area (Å²) < 4.78 is 4.81. The minimum Gasteiger partial charge on any atom is -0.451 e. The molecule has 1 N–H and O–H groups in total. The molecule has 1 heterocycles. The van der Waals surface area contributed by atoms with E-state index >= 15 is 0 Å². The van der Waals surface area contributed by atoms with Gasteiger partial charge >= 0.3 is 5.97 Å². The number of esters is 1. The van der Waals surface area contributed by atoms with Gasteiger partial charge in [0, 0.05) is 17.8 Å². The maximum Gasteiger partial charge on any atom is 0.333 e. The van der Waals surface area contributed by atoms with Crippen molar-refractivity contribution < 1.29 is 9.53 Å². The van der Waals surface area contributed by atoms with Crippen LogP contribution in [0.2, 0.25) is 0 Å². The Hall–Kier alpha value is -1.56. The highest BCUT2D eigenvalue weighted by Gasteiger charge is 2.03. The van der Waals surface area contributed by atoms with Crippen LogP contribution in [-0.4, -0.2) is 21.9 Å². The number of hydrogen-bond acceptors (Lipinski definition) is 5. The Morgan fingerprint density at radius 3 is 3.07 bits per heavy atom. The monoisotopic (exact) mass is 226 g/mol. The number of nitrogens with one attached hydrogen (secondary N) is 1. The van der Waals surface area contributed by atoms with Crippen LogP contribution in [0.25, 0.3) is 0 Å². The van der Waals surface area contributed by atoms with Gasteiger partial charge in [-0.05, 0) is 18.7 Å².